The number of benzene rings is 1. The van der Waals surface area contributed by atoms with Crippen molar-refractivity contribution >= 4 is 23.1 Å². The molecular weight excluding hydrogens is 312 g/mol. The minimum absolute atomic E-state index is 0.557. The van der Waals surface area contributed by atoms with E-state index in [0.717, 1.165) is 34.0 Å². The van der Waals surface area contributed by atoms with E-state index < -0.39 is 0 Å². The lowest BCUT2D eigenvalue weighted by Crippen LogP contribution is -2.04. The van der Waals surface area contributed by atoms with Gasteiger partial charge in [-0.2, -0.15) is 0 Å². The molecule has 3 aromatic heterocycles. The van der Waals surface area contributed by atoms with E-state index in [1.54, 1.807) is 24.5 Å². The zero-order chi connectivity index (χ0) is 17.1. The third-order valence-corrected chi connectivity index (χ3v) is 4.11. The Morgan fingerprint density at radius 1 is 1.04 bits per heavy atom. The molecule has 0 saturated heterocycles. The van der Waals surface area contributed by atoms with Gasteiger partial charge in [-0.15, -0.1) is 0 Å². The normalized spacial score (nSPS) is 10.7. The summed E-state index contributed by atoms with van der Waals surface area (Å²) >= 11 is 0. The first-order valence-corrected chi connectivity index (χ1v) is 8.00. The number of pyridine rings is 2. The van der Waals surface area contributed by atoms with Gasteiger partial charge in [0.2, 0.25) is 0 Å². The quantitative estimate of drug-likeness (QED) is 0.542. The van der Waals surface area contributed by atoms with Gasteiger partial charge in [-0.25, -0.2) is 9.97 Å². The standard InChI is InChI=1S/C20H16N4O/c25-13-16-6-2-8-21-19(16)23-11-14-4-1-5-15(10-14)18-12-24-20-17(18)7-3-9-22-20/h1-10,12-13H,11H2,(H,21,23)(H,22,24). The maximum absolute atomic E-state index is 11.1. The molecule has 4 rings (SSSR count). The highest BCUT2D eigenvalue weighted by Gasteiger charge is 2.07. The summed E-state index contributed by atoms with van der Waals surface area (Å²) in [4.78, 5) is 22.8. The SMILES string of the molecule is O=Cc1cccnc1NCc1cccc(-c2c[nH]c3ncccc23)c1. The Labute approximate surface area is 144 Å². The van der Waals surface area contributed by atoms with Crippen molar-refractivity contribution < 1.29 is 4.79 Å². The molecule has 5 nitrogen and oxygen atoms in total. The van der Waals surface area contributed by atoms with E-state index in [9.17, 15) is 4.79 Å². The number of aldehydes is 1. The third-order valence-electron chi connectivity index (χ3n) is 4.11. The molecule has 0 saturated carbocycles. The maximum Gasteiger partial charge on any atom is 0.153 e. The van der Waals surface area contributed by atoms with Crippen molar-refractivity contribution in [3.63, 3.8) is 0 Å². The summed E-state index contributed by atoms with van der Waals surface area (Å²) in [6, 6.07) is 15.8. The first kappa shape index (κ1) is 15.1. The van der Waals surface area contributed by atoms with Crippen molar-refractivity contribution in [3.8, 4) is 11.1 Å². The van der Waals surface area contributed by atoms with E-state index >= 15 is 0 Å². The third kappa shape index (κ3) is 2.99. The second-order valence-electron chi connectivity index (χ2n) is 5.71. The largest absolute Gasteiger partial charge is 0.365 e. The van der Waals surface area contributed by atoms with Gasteiger partial charge >= 0.3 is 0 Å². The highest BCUT2D eigenvalue weighted by Crippen LogP contribution is 2.28. The number of rotatable bonds is 5. The van der Waals surface area contributed by atoms with Gasteiger partial charge < -0.3 is 10.3 Å². The lowest BCUT2D eigenvalue weighted by molar-refractivity contribution is 0.112. The van der Waals surface area contributed by atoms with Gasteiger partial charge in [0.05, 0.1) is 5.56 Å². The van der Waals surface area contributed by atoms with Crippen LogP contribution in [0.2, 0.25) is 0 Å². The molecule has 0 atom stereocenters. The number of nitrogens with one attached hydrogen (secondary N) is 2. The molecule has 0 aliphatic rings. The molecule has 0 amide bonds. The van der Waals surface area contributed by atoms with Crippen LogP contribution in [-0.2, 0) is 6.54 Å². The minimum atomic E-state index is 0.557. The Balaban J connectivity index is 1.60. The van der Waals surface area contributed by atoms with Crippen molar-refractivity contribution in [2.45, 2.75) is 6.54 Å². The fraction of sp³-hybridized carbons (Fsp3) is 0.0500. The monoisotopic (exact) mass is 328 g/mol. The van der Waals surface area contributed by atoms with Crippen LogP contribution < -0.4 is 5.32 Å². The molecule has 1 aromatic carbocycles. The van der Waals surface area contributed by atoms with Gasteiger partial charge in [0, 0.05) is 36.1 Å². The Bertz CT molecular complexity index is 1040. The summed E-state index contributed by atoms with van der Waals surface area (Å²) < 4.78 is 0. The van der Waals surface area contributed by atoms with Crippen molar-refractivity contribution in [2.75, 3.05) is 5.32 Å². The van der Waals surface area contributed by atoms with Gasteiger partial charge in [0.1, 0.15) is 11.5 Å². The first-order chi connectivity index (χ1) is 12.3. The van der Waals surface area contributed by atoms with Gasteiger partial charge in [0.25, 0.3) is 0 Å². The summed E-state index contributed by atoms with van der Waals surface area (Å²) in [7, 11) is 0. The van der Waals surface area contributed by atoms with Crippen LogP contribution in [0.15, 0.2) is 67.1 Å². The predicted molar refractivity (Wildman–Crippen MR) is 98.5 cm³/mol. The lowest BCUT2D eigenvalue weighted by Gasteiger charge is -2.09. The van der Waals surface area contributed by atoms with Gasteiger partial charge in [-0.1, -0.05) is 18.2 Å². The first-order valence-electron chi connectivity index (χ1n) is 8.00. The Morgan fingerprint density at radius 2 is 1.92 bits per heavy atom. The number of carbonyl (C=O) groups excluding carboxylic acids is 1. The van der Waals surface area contributed by atoms with Crippen LogP contribution in [0.1, 0.15) is 15.9 Å². The topological polar surface area (TPSA) is 70.7 Å². The Kier molecular flexibility index (Phi) is 3.96. The summed E-state index contributed by atoms with van der Waals surface area (Å²) in [6.07, 6.45) is 6.24. The Morgan fingerprint density at radius 3 is 2.84 bits per heavy atom. The molecule has 0 radical (unpaired) electrons. The smallest absolute Gasteiger partial charge is 0.153 e. The van der Waals surface area contributed by atoms with Crippen molar-refractivity contribution in [3.05, 3.63) is 78.2 Å². The molecule has 4 aromatic rings. The number of aromatic amines is 1. The second-order valence-corrected chi connectivity index (χ2v) is 5.71. The van der Waals surface area contributed by atoms with E-state index in [1.807, 2.05) is 24.4 Å². The fourth-order valence-corrected chi connectivity index (χ4v) is 2.89. The average Bonchev–Trinajstić information content (AvgIpc) is 3.11. The van der Waals surface area contributed by atoms with E-state index in [0.29, 0.717) is 17.9 Å². The lowest BCUT2D eigenvalue weighted by atomic mass is 10.0. The molecule has 0 spiro atoms. The number of nitrogens with zero attached hydrogens (tertiary/aromatic N) is 2. The molecule has 122 valence electrons. The molecular formula is C20H16N4O. The van der Waals surface area contributed by atoms with E-state index in [4.69, 9.17) is 0 Å². The van der Waals surface area contributed by atoms with Crippen LogP contribution in [0.4, 0.5) is 5.82 Å². The second kappa shape index (κ2) is 6.57. The molecule has 2 N–H and O–H groups in total. The zero-order valence-electron chi connectivity index (χ0n) is 13.4. The van der Waals surface area contributed by atoms with E-state index in [2.05, 4.69) is 38.5 Å². The van der Waals surface area contributed by atoms with Crippen LogP contribution in [-0.4, -0.2) is 21.2 Å². The molecule has 5 heteroatoms. The number of hydrogen-bond acceptors (Lipinski definition) is 4. The van der Waals surface area contributed by atoms with Crippen LogP contribution in [0, 0.1) is 0 Å². The highest BCUT2D eigenvalue weighted by molar-refractivity contribution is 5.93. The highest BCUT2D eigenvalue weighted by atomic mass is 16.1. The molecule has 0 aliphatic heterocycles. The summed E-state index contributed by atoms with van der Waals surface area (Å²) in [5, 5.41) is 4.33. The number of aromatic nitrogens is 3. The van der Waals surface area contributed by atoms with Crippen LogP contribution >= 0.6 is 0 Å². The molecule has 0 bridgehead atoms. The summed E-state index contributed by atoms with van der Waals surface area (Å²) in [6.45, 7) is 0.590. The van der Waals surface area contributed by atoms with Crippen molar-refractivity contribution in [1.29, 1.82) is 0 Å². The van der Waals surface area contributed by atoms with Gasteiger partial charge in [-0.3, -0.25) is 4.79 Å². The number of anilines is 1. The molecule has 0 unspecified atom stereocenters. The number of H-pyrrole nitrogens is 1. The maximum atomic E-state index is 11.1. The van der Waals surface area contributed by atoms with Crippen LogP contribution in [0.3, 0.4) is 0 Å². The zero-order valence-corrected chi connectivity index (χ0v) is 13.4. The number of fused-ring (bicyclic) bond motifs is 1. The number of carbonyl (C=O) groups is 1. The van der Waals surface area contributed by atoms with Crippen LogP contribution in [0.25, 0.3) is 22.2 Å². The molecule has 0 fully saturated rings. The van der Waals surface area contributed by atoms with Crippen molar-refractivity contribution in [1.82, 2.24) is 15.0 Å². The molecule has 25 heavy (non-hydrogen) atoms. The molecule has 0 aliphatic carbocycles. The molecule has 3 heterocycles. The minimum Gasteiger partial charge on any atom is -0.365 e. The summed E-state index contributed by atoms with van der Waals surface area (Å²) in [5.74, 6) is 0.596. The number of hydrogen-bond donors (Lipinski definition) is 2. The fourth-order valence-electron chi connectivity index (χ4n) is 2.89. The Hall–Kier alpha value is -3.47. The van der Waals surface area contributed by atoms with Crippen LogP contribution in [0.5, 0.6) is 0 Å². The van der Waals surface area contributed by atoms with Gasteiger partial charge in [0.15, 0.2) is 6.29 Å². The predicted octanol–water partition coefficient (Wildman–Crippen LogP) is 4.05. The van der Waals surface area contributed by atoms with E-state index in [-0.39, 0.29) is 0 Å². The van der Waals surface area contributed by atoms with Crippen molar-refractivity contribution in [2.24, 2.45) is 0 Å². The van der Waals surface area contributed by atoms with Gasteiger partial charge in [-0.05, 0) is 41.5 Å². The average molecular weight is 328 g/mol. The summed E-state index contributed by atoms with van der Waals surface area (Å²) in [5.41, 5.74) is 4.79. The van der Waals surface area contributed by atoms with E-state index in [1.165, 1.54) is 0 Å².